The van der Waals surface area contributed by atoms with Crippen molar-refractivity contribution in [1.82, 2.24) is 0 Å². The number of methoxy groups -OCH3 is 1. The first-order valence-corrected chi connectivity index (χ1v) is 7.71. The molecule has 0 radical (unpaired) electrons. The van der Waals surface area contributed by atoms with Crippen molar-refractivity contribution >= 4 is 16.9 Å². The van der Waals surface area contributed by atoms with Gasteiger partial charge in [0.2, 0.25) is 0 Å². The van der Waals surface area contributed by atoms with E-state index in [1.807, 2.05) is 45.0 Å². The highest BCUT2D eigenvalue weighted by Crippen LogP contribution is 2.20. The van der Waals surface area contributed by atoms with Gasteiger partial charge in [0.05, 0.1) is 6.61 Å². The summed E-state index contributed by atoms with van der Waals surface area (Å²) >= 11 is 1.27. The zero-order valence-corrected chi connectivity index (χ0v) is 14.0. The monoisotopic (exact) mass is 284 g/mol. The second kappa shape index (κ2) is 15.3. The number of aryl methyl sites for hydroxylation is 1. The molecule has 0 aliphatic heterocycles. The number of carbonyl (C=O) groups excluding carboxylic acids is 1. The van der Waals surface area contributed by atoms with Crippen LogP contribution in [0, 0.1) is 6.92 Å². The summed E-state index contributed by atoms with van der Waals surface area (Å²) in [5.74, 6) is 0. The Bertz CT molecular complexity index is 307. The molecule has 0 N–H and O–H groups in total. The minimum atomic E-state index is 0.149. The van der Waals surface area contributed by atoms with Crippen molar-refractivity contribution in [1.29, 1.82) is 0 Å². The summed E-state index contributed by atoms with van der Waals surface area (Å²) in [6.45, 7) is 10.8. The maximum atomic E-state index is 11.3. The van der Waals surface area contributed by atoms with Crippen LogP contribution in [0.4, 0.5) is 0 Å². The van der Waals surface area contributed by atoms with E-state index in [-0.39, 0.29) is 5.12 Å². The fraction of sp³-hybridized carbons (Fsp3) is 0.562. The number of carbonyl (C=O) groups is 1. The Morgan fingerprint density at radius 2 is 1.63 bits per heavy atom. The van der Waals surface area contributed by atoms with Crippen LogP contribution in [-0.4, -0.2) is 18.8 Å². The van der Waals surface area contributed by atoms with Gasteiger partial charge in [-0.2, -0.15) is 0 Å². The van der Waals surface area contributed by atoms with E-state index in [4.69, 9.17) is 4.74 Å². The maximum absolute atomic E-state index is 11.3. The molecule has 0 spiro atoms. The molecule has 0 saturated carbocycles. The van der Waals surface area contributed by atoms with E-state index >= 15 is 0 Å². The van der Waals surface area contributed by atoms with Crippen molar-refractivity contribution in [3.63, 3.8) is 0 Å². The summed E-state index contributed by atoms with van der Waals surface area (Å²) in [5, 5.41) is 0.149. The van der Waals surface area contributed by atoms with Gasteiger partial charge in [-0.25, -0.2) is 0 Å². The van der Waals surface area contributed by atoms with E-state index in [0.717, 1.165) is 4.90 Å². The molecule has 0 atom stereocenters. The van der Waals surface area contributed by atoms with Crippen LogP contribution in [0.3, 0.4) is 0 Å². The first-order valence-electron chi connectivity index (χ1n) is 6.90. The molecule has 3 heteroatoms. The van der Waals surface area contributed by atoms with Crippen LogP contribution in [0.25, 0.3) is 0 Å². The number of thioether (sulfide) groups is 1. The number of ether oxygens (including phenoxy) is 1. The minimum absolute atomic E-state index is 0.149. The van der Waals surface area contributed by atoms with Gasteiger partial charge in [-0.05, 0) is 19.1 Å². The Morgan fingerprint density at radius 3 is 2.05 bits per heavy atom. The third kappa shape index (κ3) is 13.4. The highest BCUT2D eigenvalue weighted by atomic mass is 32.2. The lowest BCUT2D eigenvalue weighted by atomic mass is 10.2. The van der Waals surface area contributed by atoms with Gasteiger partial charge in [-0.1, -0.05) is 63.6 Å². The average Bonchev–Trinajstić information content (AvgIpc) is 2.42. The number of hydrogen-bond acceptors (Lipinski definition) is 3. The maximum Gasteiger partial charge on any atom is 0.195 e. The van der Waals surface area contributed by atoms with Gasteiger partial charge >= 0.3 is 0 Å². The SMILES string of the molecule is CC.CCC.COCCC(=O)Sc1ccc(C)cc1. The van der Waals surface area contributed by atoms with E-state index in [0.29, 0.717) is 13.0 Å². The van der Waals surface area contributed by atoms with Gasteiger partial charge < -0.3 is 4.74 Å². The largest absolute Gasteiger partial charge is 0.384 e. The summed E-state index contributed by atoms with van der Waals surface area (Å²) in [6, 6.07) is 7.94. The lowest BCUT2D eigenvalue weighted by Gasteiger charge is -2.00. The number of rotatable bonds is 4. The minimum Gasteiger partial charge on any atom is -0.384 e. The standard InChI is InChI=1S/C11H14O2S.C3H8.C2H6/c1-9-3-5-10(6-4-9)14-11(12)7-8-13-2;1-3-2;1-2/h3-6H,7-8H2,1-2H3;3H2,1-2H3;1-2H3. The molecule has 19 heavy (non-hydrogen) atoms. The molecule has 1 rings (SSSR count). The molecular weight excluding hydrogens is 256 g/mol. The second-order valence-corrected chi connectivity index (χ2v) is 4.87. The molecule has 110 valence electrons. The van der Waals surface area contributed by atoms with E-state index < -0.39 is 0 Å². The fourth-order valence-electron chi connectivity index (χ4n) is 0.974. The van der Waals surface area contributed by atoms with Crippen molar-refractivity contribution in [2.45, 2.75) is 52.4 Å². The fourth-order valence-corrected chi connectivity index (χ4v) is 1.69. The zero-order chi connectivity index (χ0) is 15.1. The quantitative estimate of drug-likeness (QED) is 0.720. The summed E-state index contributed by atoms with van der Waals surface area (Å²) in [6.07, 6.45) is 1.72. The van der Waals surface area contributed by atoms with Crippen molar-refractivity contribution in [3.8, 4) is 0 Å². The average molecular weight is 284 g/mol. The molecule has 0 aliphatic rings. The number of benzene rings is 1. The van der Waals surface area contributed by atoms with Crippen molar-refractivity contribution in [3.05, 3.63) is 29.8 Å². The lowest BCUT2D eigenvalue weighted by Crippen LogP contribution is -1.97. The summed E-state index contributed by atoms with van der Waals surface area (Å²) < 4.78 is 4.84. The van der Waals surface area contributed by atoms with Gasteiger partial charge in [0.15, 0.2) is 5.12 Å². The summed E-state index contributed by atoms with van der Waals surface area (Å²) in [5.41, 5.74) is 1.21. The Hall–Kier alpha value is -0.800. The first-order chi connectivity index (χ1) is 9.13. The molecule has 0 unspecified atom stereocenters. The summed E-state index contributed by atoms with van der Waals surface area (Å²) in [4.78, 5) is 12.3. The predicted octanol–water partition coefficient (Wildman–Crippen LogP) is 5.09. The molecule has 0 aromatic heterocycles. The van der Waals surface area contributed by atoms with Gasteiger partial charge in [-0.15, -0.1) is 0 Å². The third-order valence-electron chi connectivity index (χ3n) is 1.76. The Kier molecular flexibility index (Phi) is 16.5. The van der Waals surface area contributed by atoms with Gasteiger partial charge in [0.1, 0.15) is 0 Å². The zero-order valence-electron chi connectivity index (χ0n) is 13.2. The normalized spacial score (nSPS) is 8.74. The van der Waals surface area contributed by atoms with E-state index in [1.54, 1.807) is 7.11 Å². The van der Waals surface area contributed by atoms with Crippen LogP contribution in [0.2, 0.25) is 0 Å². The van der Waals surface area contributed by atoms with Crippen LogP contribution in [0.1, 0.15) is 46.1 Å². The molecule has 2 nitrogen and oxygen atoms in total. The Morgan fingerprint density at radius 1 is 1.16 bits per heavy atom. The van der Waals surface area contributed by atoms with E-state index in [2.05, 4.69) is 13.8 Å². The van der Waals surface area contributed by atoms with Crippen LogP contribution >= 0.6 is 11.8 Å². The van der Waals surface area contributed by atoms with Crippen LogP contribution in [0.5, 0.6) is 0 Å². The van der Waals surface area contributed by atoms with Crippen LogP contribution in [0.15, 0.2) is 29.2 Å². The first kappa shape index (κ1) is 20.5. The van der Waals surface area contributed by atoms with Crippen molar-refractivity contribution in [2.75, 3.05) is 13.7 Å². The molecule has 0 aliphatic carbocycles. The smallest absolute Gasteiger partial charge is 0.195 e. The third-order valence-corrected chi connectivity index (χ3v) is 2.70. The van der Waals surface area contributed by atoms with Gasteiger partial charge in [0.25, 0.3) is 0 Å². The number of hydrogen-bond donors (Lipinski definition) is 0. The highest BCUT2D eigenvalue weighted by Gasteiger charge is 2.03. The van der Waals surface area contributed by atoms with Gasteiger partial charge in [0, 0.05) is 18.4 Å². The van der Waals surface area contributed by atoms with Crippen molar-refractivity contribution in [2.24, 2.45) is 0 Å². The van der Waals surface area contributed by atoms with E-state index in [1.165, 1.54) is 23.7 Å². The van der Waals surface area contributed by atoms with Gasteiger partial charge in [-0.3, -0.25) is 4.79 Å². The molecular formula is C16H28O2S. The van der Waals surface area contributed by atoms with Crippen LogP contribution in [-0.2, 0) is 9.53 Å². The Balaban J connectivity index is 0. The lowest BCUT2D eigenvalue weighted by molar-refractivity contribution is -0.111. The molecule has 1 aromatic carbocycles. The van der Waals surface area contributed by atoms with E-state index in [9.17, 15) is 4.79 Å². The second-order valence-electron chi connectivity index (χ2n) is 3.74. The van der Waals surface area contributed by atoms with Crippen molar-refractivity contribution < 1.29 is 9.53 Å². The Labute approximate surface area is 122 Å². The molecule has 0 amide bonds. The van der Waals surface area contributed by atoms with Crippen LogP contribution < -0.4 is 0 Å². The molecule has 0 saturated heterocycles. The highest BCUT2D eigenvalue weighted by molar-refractivity contribution is 8.13. The predicted molar refractivity (Wildman–Crippen MR) is 85.8 cm³/mol. The summed E-state index contributed by atoms with van der Waals surface area (Å²) in [7, 11) is 1.60. The molecule has 1 aromatic rings. The molecule has 0 bridgehead atoms. The topological polar surface area (TPSA) is 26.3 Å². The molecule has 0 fully saturated rings. The molecule has 0 heterocycles.